The van der Waals surface area contributed by atoms with Gasteiger partial charge >= 0.3 is 0 Å². The Labute approximate surface area is 640 Å². The smallest absolute Gasteiger partial charge is 0.0714 e. The molecule has 18 aromatic rings. The number of fused-ring (bicyclic) bond motifs is 10. The van der Waals surface area contributed by atoms with Crippen molar-refractivity contribution in [2.75, 3.05) is 4.90 Å². The van der Waals surface area contributed by atoms with Crippen LogP contribution >= 0.6 is 15.9 Å². The van der Waals surface area contributed by atoms with E-state index < -0.39 is 10.8 Å². The van der Waals surface area contributed by atoms with Crippen molar-refractivity contribution in [1.82, 2.24) is 0 Å². The third-order valence-electron chi connectivity index (χ3n) is 22.4. The molecule has 18 aromatic carbocycles. The summed E-state index contributed by atoms with van der Waals surface area (Å²) in [6.07, 6.45) is 0. The van der Waals surface area contributed by atoms with Crippen LogP contribution in [0.1, 0.15) is 44.5 Å². The molecule has 2 aliphatic rings. The summed E-state index contributed by atoms with van der Waals surface area (Å²) in [4.78, 5) is 2.36. The average Bonchev–Trinajstić information content (AvgIpc) is 1.53. The molecule has 0 saturated heterocycles. The van der Waals surface area contributed by atoms with Crippen molar-refractivity contribution in [3.63, 3.8) is 0 Å². The first-order chi connectivity index (χ1) is 53.5. The third kappa shape index (κ3) is 11.3. The number of anilines is 3. The minimum Gasteiger partial charge on any atom is -0.311 e. The summed E-state index contributed by atoms with van der Waals surface area (Å²) in [6, 6.07) is 160. The molecule has 0 unspecified atom stereocenters. The summed E-state index contributed by atoms with van der Waals surface area (Å²) in [6.45, 7) is 0. The van der Waals surface area contributed by atoms with Crippen LogP contribution in [-0.2, 0) is 10.8 Å². The molecule has 1 nitrogen and oxygen atoms in total. The van der Waals surface area contributed by atoms with Crippen LogP contribution in [0.4, 0.5) is 17.1 Å². The van der Waals surface area contributed by atoms with Gasteiger partial charge in [0.25, 0.3) is 0 Å². The Balaban J connectivity index is 0.000000162. The Morgan fingerprint density at radius 2 is 0.417 bits per heavy atom. The predicted molar refractivity (Wildman–Crippen MR) is 458 cm³/mol. The lowest BCUT2D eigenvalue weighted by Crippen LogP contribution is -2.28. The normalized spacial score (nSPS) is 12.6. The number of hydrogen-bond acceptors (Lipinski definition) is 1. The Hall–Kier alpha value is -13.2. The van der Waals surface area contributed by atoms with Crippen molar-refractivity contribution in [1.29, 1.82) is 0 Å². The number of rotatable bonds is 13. The standard InChI is InChI=1S/C65H45N.C41H27Br/c1-6-18-46(19-7-1)48-30-37-55(38-31-48)66(56-39-32-49(33-40-56)47-20-8-2-9-21-47)57-41-34-50(35-42-57)52-36-43-60-62(44-52)65(53-24-12-4-13-25-53,54-26-14-5-15-27-54)63-45-61(51-22-10-3-11-23-51)58-28-16-17-29-59(58)64(60)63;42-33-23-20-28(21-24-33)30-22-25-36-38(26-30)41(31-14-6-2-7-15-31,32-16-8-3-9-17-32)39-27-37(29-12-4-1-5-13-29)34-18-10-11-19-35(34)40(36)39/h1-45H;1-27H. The number of nitrogens with zero attached hydrogens (tertiary/aromatic N) is 1. The summed E-state index contributed by atoms with van der Waals surface area (Å²) >= 11 is 3.62. The van der Waals surface area contributed by atoms with Gasteiger partial charge in [-0.25, -0.2) is 0 Å². The van der Waals surface area contributed by atoms with Gasteiger partial charge in [0, 0.05) is 21.5 Å². The van der Waals surface area contributed by atoms with E-state index in [1.807, 2.05) is 0 Å². The van der Waals surface area contributed by atoms with Gasteiger partial charge in [-0.05, 0) is 228 Å². The predicted octanol–water partition coefficient (Wildman–Crippen LogP) is 28.6. The van der Waals surface area contributed by atoms with E-state index >= 15 is 0 Å². The van der Waals surface area contributed by atoms with Crippen LogP contribution in [0.25, 0.3) is 111 Å². The van der Waals surface area contributed by atoms with E-state index in [-0.39, 0.29) is 0 Å². The van der Waals surface area contributed by atoms with Gasteiger partial charge in [-0.2, -0.15) is 0 Å². The van der Waals surface area contributed by atoms with Crippen molar-refractivity contribution in [3.8, 4) is 89.0 Å². The molecule has 0 bridgehead atoms. The third-order valence-corrected chi connectivity index (χ3v) is 22.9. The Morgan fingerprint density at radius 3 is 0.731 bits per heavy atom. The van der Waals surface area contributed by atoms with Crippen molar-refractivity contribution in [2.45, 2.75) is 10.8 Å². The zero-order chi connectivity index (χ0) is 72.0. The van der Waals surface area contributed by atoms with E-state index in [1.165, 1.54) is 155 Å². The summed E-state index contributed by atoms with van der Waals surface area (Å²) in [5.41, 5.74) is 32.3. The van der Waals surface area contributed by atoms with E-state index in [0.29, 0.717) is 0 Å². The van der Waals surface area contributed by atoms with Gasteiger partial charge in [-0.15, -0.1) is 0 Å². The molecule has 0 aliphatic heterocycles. The minimum absolute atomic E-state index is 0.480. The highest BCUT2D eigenvalue weighted by atomic mass is 79.9. The van der Waals surface area contributed by atoms with E-state index in [0.717, 1.165) is 21.5 Å². The van der Waals surface area contributed by atoms with E-state index in [4.69, 9.17) is 0 Å². The van der Waals surface area contributed by atoms with E-state index in [1.54, 1.807) is 0 Å². The topological polar surface area (TPSA) is 3.24 Å². The molecule has 508 valence electrons. The second kappa shape index (κ2) is 28.0. The fourth-order valence-electron chi connectivity index (χ4n) is 17.5. The van der Waals surface area contributed by atoms with Crippen LogP contribution < -0.4 is 4.90 Å². The van der Waals surface area contributed by atoms with Crippen LogP contribution in [0.15, 0.2) is 441 Å². The summed E-state index contributed by atoms with van der Waals surface area (Å²) < 4.78 is 1.09. The molecule has 0 spiro atoms. The molecule has 0 saturated carbocycles. The zero-order valence-corrected chi connectivity index (χ0v) is 61.0. The molecule has 0 aromatic heterocycles. The second-order valence-corrected chi connectivity index (χ2v) is 29.1. The second-order valence-electron chi connectivity index (χ2n) is 28.2. The lowest BCUT2D eigenvalue weighted by Gasteiger charge is -2.34. The molecule has 0 atom stereocenters. The van der Waals surface area contributed by atoms with Gasteiger partial charge in [0.05, 0.1) is 10.8 Å². The largest absolute Gasteiger partial charge is 0.311 e. The molecule has 0 radical (unpaired) electrons. The fourth-order valence-corrected chi connectivity index (χ4v) is 17.8. The molecule has 20 rings (SSSR count). The van der Waals surface area contributed by atoms with Gasteiger partial charge in [-0.1, -0.05) is 380 Å². The SMILES string of the molecule is Brc1ccc(-c2ccc3c(c2)C(c2ccccc2)(c2ccccc2)c2cc(-c4ccccc4)c4ccccc4c2-3)cc1.c1ccc(-c2ccc(N(c3ccc(-c4ccccc4)cc3)c3ccc(-c4ccc5c(c4)C(c4ccccc4)(c4ccccc4)c4cc(-c6ccccc6)c6ccccc6c4-5)cc3)cc2)cc1. The number of benzene rings is 18. The lowest BCUT2D eigenvalue weighted by atomic mass is 9.67. The van der Waals surface area contributed by atoms with Gasteiger partial charge in [-0.3, -0.25) is 0 Å². The van der Waals surface area contributed by atoms with Crippen LogP contribution in [0, 0.1) is 0 Å². The van der Waals surface area contributed by atoms with Gasteiger partial charge in [0.15, 0.2) is 0 Å². The average molecular weight is 1440 g/mol. The van der Waals surface area contributed by atoms with Gasteiger partial charge in [0.1, 0.15) is 0 Å². The summed E-state index contributed by atoms with van der Waals surface area (Å²) in [5, 5.41) is 5.11. The van der Waals surface area contributed by atoms with E-state index in [2.05, 4.69) is 458 Å². The minimum atomic E-state index is -0.564. The Morgan fingerprint density at radius 1 is 0.176 bits per heavy atom. The molecule has 0 N–H and O–H groups in total. The molecule has 0 heterocycles. The highest BCUT2D eigenvalue weighted by Crippen LogP contribution is 2.62. The molecular formula is C106H72BrN. The molecule has 0 amide bonds. The van der Waals surface area contributed by atoms with Crippen LogP contribution in [-0.4, -0.2) is 0 Å². The van der Waals surface area contributed by atoms with Crippen LogP contribution in [0.2, 0.25) is 0 Å². The summed E-state index contributed by atoms with van der Waals surface area (Å²) in [7, 11) is 0. The van der Waals surface area contributed by atoms with Crippen molar-refractivity contribution in [3.05, 3.63) is 486 Å². The molecule has 0 fully saturated rings. The molecule has 2 aliphatic carbocycles. The maximum absolute atomic E-state index is 3.62. The highest BCUT2D eigenvalue weighted by Gasteiger charge is 2.49. The molecule has 108 heavy (non-hydrogen) atoms. The van der Waals surface area contributed by atoms with Gasteiger partial charge in [0.2, 0.25) is 0 Å². The van der Waals surface area contributed by atoms with E-state index in [9.17, 15) is 0 Å². The molecular weight excluding hydrogens is 1370 g/mol. The highest BCUT2D eigenvalue weighted by molar-refractivity contribution is 9.10. The van der Waals surface area contributed by atoms with Gasteiger partial charge < -0.3 is 4.90 Å². The Bertz CT molecular complexity index is 6110. The first-order valence-corrected chi connectivity index (χ1v) is 38.0. The number of hydrogen-bond donors (Lipinski definition) is 0. The van der Waals surface area contributed by atoms with Crippen molar-refractivity contribution >= 4 is 54.5 Å². The summed E-state index contributed by atoms with van der Waals surface area (Å²) in [5.74, 6) is 0. The van der Waals surface area contributed by atoms with Crippen molar-refractivity contribution in [2.24, 2.45) is 0 Å². The number of halogens is 1. The first kappa shape index (κ1) is 65.5. The maximum atomic E-state index is 3.62. The van der Waals surface area contributed by atoms with Crippen LogP contribution in [0.5, 0.6) is 0 Å². The fraction of sp³-hybridized carbons (Fsp3) is 0.0189. The lowest BCUT2D eigenvalue weighted by molar-refractivity contribution is 0.769. The quantitative estimate of drug-likeness (QED) is 0.111. The molecule has 2 heteroatoms. The first-order valence-electron chi connectivity index (χ1n) is 37.2. The van der Waals surface area contributed by atoms with Crippen LogP contribution in [0.3, 0.4) is 0 Å². The monoisotopic (exact) mass is 1440 g/mol. The zero-order valence-electron chi connectivity index (χ0n) is 59.4. The Kier molecular flexibility index (Phi) is 17.0. The maximum Gasteiger partial charge on any atom is 0.0714 e. The van der Waals surface area contributed by atoms with Crippen molar-refractivity contribution < 1.29 is 0 Å².